The Kier molecular flexibility index (Phi) is 2.34. The lowest BCUT2D eigenvalue weighted by Crippen LogP contribution is -2.42. The molecular formula is C10H14N4O. The fourth-order valence-electron chi connectivity index (χ4n) is 1.71. The standard InChI is InChI=1S/C10H14N4O/c11-9(12)14-7-10(15,6-13-14)8-4-2-1-3-5-8/h1-5,13,15H,6-7H2,(H3,11,12). The Hall–Kier alpha value is -1.59. The zero-order valence-electron chi connectivity index (χ0n) is 8.27. The number of β-amino-alcohol motifs (C(OH)–C–C–N with tert-alkyl or cyclic N) is 1. The van der Waals surface area contributed by atoms with Crippen LogP contribution >= 0.6 is 0 Å². The molecule has 5 N–H and O–H groups in total. The molecule has 1 unspecified atom stereocenters. The van der Waals surface area contributed by atoms with Crippen molar-refractivity contribution >= 4 is 5.96 Å². The summed E-state index contributed by atoms with van der Waals surface area (Å²) in [5, 5.41) is 19.0. The predicted molar refractivity (Wildman–Crippen MR) is 57.0 cm³/mol. The largest absolute Gasteiger partial charge is 0.382 e. The Morgan fingerprint density at radius 1 is 1.47 bits per heavy atom. The van der Waals surface area contributed by atoms with E-state index in [9.17, 15) is 5.11 Å². The molecule has 1 aliphatic rings. The summed E-state index contributed by atoms with van der Waals surface area (Å²) in [6.45, 7) is 0.670. The predicted octanol–water partition coefficient (Wildman–Crippen LogP) is -0.412. The van der Waals surface area contributed by atoms with E-state index in [0.717, 1.165) is 5.56 Å². The van der Waals surface area contributed by atoms with Crippen molar-refractivity contribution in [3.63, 3.8) is 0 Å². The summed E-state index contributed by atoms with van der Waals surface area (Å²) in [5.74, 6) is -0.0816. The van der Waals surface area contributed by atoms with Crippen molar-refractivity contribution in [2.75, 3.05) is 13.1 Å². The Morgan fingerprint density at radius 2 is 2.13 bits per heavy atom. The SMILES string of the molecule is N=C(N)N1CC(O)(c2ccccc2)CN1. The molecular weight excluding hydrogens is 192 g/mol. The molecule has 1 aromatic carbocycles. The Labute approximate surface area is 88.0 Å². The normalized spacial score (nSPS) is 25.5. The molecule has 0 radical (unpaired) electrons. The average molecular weight is 206 g/mol. The molecule has 0 spiro atoms. The number of benzene rings is 1. The Bertz CT molecular complexity index is 367. The van der Waals surface area contributed by atoms with Crippen LogP contribution in [0.25, 0.3) is 0 Å². The van der Waals surface area contributed by atoms with Gasteiger partial charge in [0.15, 0.2) is 0 Å². The van der Waals surface area contributed by atoms with Crippen LogP contribution < -0.4 is 11.2 Å². The third-order valence-electron chi connectivity index (χ3n) is 2.58. The van der Waals surface area contributed by atoms with Crippen LogP contribution in [0.15, 0.2) is 30.3 Å². The van der Waals surface area contributed by atoms with Gasteiger partial charge < -0.3 is 10.8 Å². The van der Waals surface area contributed by atoms with E-state index in [2.05, 4.69) is 5.43 Å². The maximum absolute atomic E-state index is 10.3. The summed E-state index contributed by atoms with van der Waals surface area (Å²) in [5.41, 5.74) is 8.08. The summed E-state index contributed by atoms with van der Waals surface area (Å²) in [4.78, 5) is 0. The fraction of sp³-hybridized carbons (Fsp3) is 0.300. The van der Waals surface area contributed by atoms with Crippen LogP contribution in [-0.4, -0.2) is 29.2 Å². The maximum Gasteiger partial charge on any atom is 0.203 e. The topological polar surface area (TPSA) is 85.4 Å². The monoisotopic (exact) mass is 206 g/mol. The highest BCUT2D eigenvalue weighted by molar-refractivity contribution is 5.74. The summed E-state index contributed by atoms with van der Waals surface area (Å²) < 4.78 is 0. The van der Waals surface area contributed by atoms with Gasteiger partial charge in [-0.2, -0.15) is 0 Å². The maximum atomic E-state index is 10.3. The van der Waals surface area contributed by atoms with Crippen LogP contribution in [0.5, 0.6) is 0 Å². The molecule has 80 valence electrons. The number of nitrogens with one attached hydrogen (secondary N) is 2. The van der Waals surface area contributed by atoms with Crippen LogP contribution in [0, 0.1) is 5.41 Å². The van der Waals surface area contributed by atoms with Crippen LogP contribution in [0.3, 0.4) is 0 Å². The van der Waals surface area contributed by atoms with Crippen molar-refractivity contribution in [2.45, 2.75) is 5.60 Å². The summed E-state index contributed by atoms with van der Waals surface area (Å²) >= 11 is 0. The highest BCUT2D eigenvalue weighted by Gasteiger charge is 2.38. The lowest BCUT2D eigenvalue weighted by molar-refractivity contribution is 0.0643. The lowest BCUT2D eigenvalue weighted by Gasteiger charge is -2.22. The number of nitrogens with zero attached hydrogens (tertiary/aromatic N) is 1. The molecule has 2 rings (SSSR count). The summed E-state index contributed by atoms with van der Waals surface area (Å²) in [6.07, 6.45) is 0. The summed E-state index contributed by atoms with van der Waals surface area (Å²) in [6, 6.07) is 9.39. The second-order valence-corrected chi connectivity index (χ2v) is 3.70. The molecule has 15 heavy (non-hydrogen) atoms. The van der Waals surface area contributed by atoms with Gasteiger partial charge in [-0.3, -0.25) is 10.4 Å². The second kappa shape index (κ2) is 3.52. The first kappa shape index (κ1) is 9.95. The van der Waals surface area contributed by atoms with Gasteiger partial charge in [-0.1, -0.05) is 30.3 Å². The van der Waals surface area contributed by atoms with Gasteiger partial charge in [-0.15, -0.1) is 0 Å². The zero-order chi connectivity index (χ0) is 10.9. The van der Waals surface area contributed by atoms with Gasteiger partial charge in [-0.05, 0) is 5.56 Å². The highest BCUT2D eigenvalue weighted by Crippen LogP contribution is 2.24. The van der Waals surface area contributed by atoms with E-state index in [1.54, 1.807) is 0 Å². The van der Waals surface area contributed by atoms with E-state index < -0.39 is 5.60 Å². The van der Waals surface area contributed by atoms with Gasteiger partial charge in [0.1, 0.15) is 5.60 Å². The average Bonchev–Trinajstić information content (AvgIpc) is 2.64. The minimum absolute atomic E-state index is 0.0816. The van der Waals surface area contributed by atoms with E-state index in [1.807, 2.05) is 30.3 Å². The third-order valence-corrected chi connectivity index (χ3v) is 2.58. The molecule has 1 aromatic rings. The smallest absolute Gasteiger partial charge is 0.203 e. The van der Waals surface area contributed by atoms with E-state index >= 15 is 0 Å². The van der Waals surface area contributed by atoms with Crippen LogP contribution in [0.2, 0.25) is 0 Å². The van der Waals surface area contributed by atoms with Crippen molar-refractivity contribution in [1.29, 1.82) is 5.41 Å². The quantitative estimate of drug-likeness (QED) is 0.371. The molecule has 0 aromatic heterocycles. The van der Waals surface area contributed by atoms with Crippen molar-refractivity contribution in [3.05, 3.63) is 35.9 Å². The summed E-state index contributed by atoms with van der Waals surface area (Å²) in [7, 11) is 0. The zero-order valence-corrected chi connectivity index (χ0v) is 8.27. The number of hydrazine groups is 1. The number of hydrogen-bond acceptors (Lipinski definition) is 3. The van der Waals surface area contributed by atoms with Gasteiger partial charge in [0.2, 0.25) is 5.96 Å². The van der Waals surface area contributed by atoms with Gasteiger partial charge in [-0.25, -0.2) is 5.43 Å². The van der Waals surface area contributed by atoms with Gasteiger partial charge in [0.25, 0.3) is 0 Å². The first-order valence-corrected chi connectivity index (χ1v) is 4.75. The van der Waals surface area contributed by atoms with Gasteiger partial charge in [0.05, 0.1) is 13.1 Å². The molecule has 1 atom stereocenters. The minimum Gasteiger partial charge on any atom is -0.382 e. The van der Waals surface area contributed by atoms with E-state index in [0.29, 0.717) is 13.1 Å². The Morgan fingerprint density at radius 3 is 2.67 bits per heavy atom. The number of aliphatic hydroxyl groups is 1. The molecule has 0 amide bonds. The van der Waals surface area contributed by atoms with Crippen molar-refractivity contribution in [3.8, 4) is 0 Å². The molecule has 1 heterocycles. The number of guanidine groups is 1. The van der Waals surface area contributed by atoms with Crippen molar-refractivity contribution in [1.82, 2.24) is 10.4 Å². The van der Waals surface area contributed by atoms with E-state index in [1.165, 1.54) is 5.01 Å². The van der Waals surface area contributed by atoms with Crippen molar-refractivity contribution < 1.29 is 5.11 Å². The van der Waals surface area contributed by atoms with Gasteiger partial charge in [0, 0.05) is 0 Å². The van der Waals surface area contributed by atoms with E-state index in [-0.39, 0.29) is 5.96 Å². The molecule has 5 heteroatoms. The van der Waals surface area contributed by atoms with E-state index in [4.69, 9.17) is 11.1 Å². The number of rotatable bonds is 1. The molecule has 1 fully saturated rings. The molecule has 0 saturated carbocycles. The molecule has 5 nitrogen and oxygen atoms in total. The molecule has 0 bridgehead atoms. The first-order chi connectivity index (χ1) is 7.12. The third kappa shape index (κ3) is 1.79. The van der Waals surface area contributed by atoms with Crippen LogP contribution in [0.1, 0.15) is 5.56 Å². The van der Waals surface area contributed by atoms with Crippen LogP contribution in [0.4, 0.5) is 0 Å². The molecule has 0 aliphatic carbocycles. The Balaban J connectivity index is 2.20. The first-order valence-electron chi connectivity index (χ1n) is 4.75. The van der Waals surface area contributed by atoms with Crippen molar-refractivity contribution in [2.24, 2.45) is 5.73 Å². The number of hydrogen-bond donors (Lipinski definition) is 4. The molecule has 1 aliphatic heterocycles. The minimum atomic E-state index is -0.965. The lowest BCUT2D eigenvalue weighted by atomic mass is 9.95. The number of nitrogens with two attached hydrogens (primary N) is 1. The highest BCUT2D eigenvalue weighted by atomic mass is 16.3. The molecule has 1 saturated heterocycles. The fourth-order valence-corrected chi connectivity index (χ4v) is 1.71. The van der Waals surface area contributed by atoms with Crippen LogP contribution in [-0.2, 0) is 5.60 Å². The van der Waals surface area contributed by atoms with Gasteiger partial charge >= 0.3 is 0 Å². The second-order valence-electron chi connectivity index (χ2n) is 3.70.